The fourth-order valence-corrected chi connectivity index (χ4v) is 1.96. The zero-order valence-electron chi connectivity index (χ0n) is 11.1. The zero-order valence-corrected chi connectivity index (χ0v) is 11.1. The van der Waals surface area contributed by atoms with E-state index >= 15 is 0 Å². The fourth-order valence-electron chi connectivity index (χ4n) is 1.96. The van der Waals surface area contributed by atoms with E-state index in [-0.39, 0.29) is 5.89 Å². The van der Waals surface area contributed by atoms with Crippen LogP contribution in [0.4, 0.5) is 0 Å². The van der Waals surface area contributed by atoms with Gasteiger partial charge in [0.2, 0.25) is 18.0 Å². The number of rotatable bonds is 3. The van der Waals surface area contributed by atoms with E-state index in [1.54, 1.807) is 30.6 Å². The average molecular weight is 292 g/mol. The van der Waals surface area contributed by atoms with Crippen LogP contribution in [0.15, 0.2) is 58.2 Å². The molecular weight excluding hydrogens is 284 g/mol. The molecule has 22 heavy (non-hydrogen) atoms. The van der Waals surface area contributed by atoms with E-state index in [1.165, 1.54) is 6.39 Å². The molecule has 4 aromatic heterocycles. The number of hydrogen-bond acceptors (Lipinski definition) is 8. The SMILES string of the molecule is c1ccc(-c2noc(-c3ncccc3-c3ncon3)n2)nc1. The van der Waals surface area contributed by atoms with Crippen molar-refractivity contribution in [2.24, 2.45) is 0 Å². The third kappa shape index (κ3) is 2.12. The van der Waals surface area contributed by atoms with Gasteiger partial charge >= 0.3 is 0 Å². The van der Waals surface area contributed by atoms with Crippen LogP contribution in [0.3, 0.4) is 0 Å². The smallest absolute Gasteiger partial charge is 0.277 e. The van der Waals surface area contributed by atoms with Gasteiger partial charge in [-0.05, 0) is 24.3 Å². The van der Waals surface area contributed by atoms with Crippen molar-refractivity contribution in [3.8, 4) is 34.5 Å². The molecule has 0 aliphatic rings. The summed E-state index contributed by atoms with van der Waals surface area (Å²) in [6, 6.07) is 9.04. The van der Waals surface area contributed by atoms with Gasteiger partial charge in [-0.25, -0.2) is 0 Å². The van der Waals surface area contributed by atoms with E-state index in [2.05, 4.69) is 30.2 Å². The normalized spacial score (nSPS) is 10.7. The van der Waals surface area contributed by atoms with Gasteiger partial charge in [0.1, 0.15) is 11.4 Å². The van der Waals surface area contributed by atoms with E-state index in [4.69, 9.17) is 9.05 Å². The van der Waals surface area contributed by atoms with Crippen molar-refractivity contribution in [1.82, 2.24) is 30.2 Å². The highest BCUT2D eigenvalue weighted by Gasteiger charge is 2.18. The summed E-state index contributed by atoms with van der Waals surface area (Å²) in [5.41, 5.74) is 1.75. The lowest BCUT2D eigenvalue weighted by Crippen LogP contribution is -1.91. The minimum atomic E-state index is 0.265. The minimum absolute atomic E-state index is 0.265. The summed E-state index contributed by atoms with van der Waals surface area (Å²) in [5, 5.41) is 7.74. The second-order valence-electron chi connectivity index (χ2n) is 4.29. The van der Waals surface area contributed by atoms with E-state index in [0.717, 1.165) is 0 Å². The number of nitrogens with zero attached hydrogens (tertiary/aromatic N) is 6. The van der Waals surface area contributed by atoms with E-state index in [1.807, 2.05) is 12.1 Å². The van der Waals surface area contributed by atoms with Gasteiger partial charge in [-0.3, -0.25) is 9.97 Å². The quantitative estimate of drug-likeness (QED) is 0.566. The number of pyridine rings is 2. The Morgan fingerprint density at radius 3 is 2.59 bits per heavy atom. The summed E-state index contributed by atoms with van der Waals surface area (Å²) in [7, 11) is 0. The maximum Gasteiger partial charge on any atom is 0.277 e. The maximum atomic E-state index is 5.29. The first-order valence-corrected chi connectivity index (χ1v) is 6.39. The Morgan fingerprint density at radius 1 is 0.818 bits per heavy atom. The maximum absolute atomic E-state index is 5.29. The highest BCUT2D eigenvalue weighted by atomic mass is 16.5. The second-order valence-corrected chi connectivity index (χ2v) is 4.29. The molecule has 0 atom stereocenters. The van der Waals surface area contributed by atoms with E-state index < -0.39 is 0 Å². The lowest BCUT2D eigenvalue weighted by atomic mass is 10.2. The van der Waals surface area contributed by atoms with Gasteiger partial charge in [0, 0.05) is 12.4 Å². The van der Waals surface area contributed by atoms with Crippen LogP contribution in [0.2, 0.25) is 0 Å². The molecule has 0 aliphatic carbocycles. The minimum Gasteiger partial charge on any atom is -0.342 e. The third-order valence-electron chi connectivity index (χ3n) is 2.93. The average Bonchev–Trinajstić information content (AvgIpc) is 3.28. The van der Waals surface area contributed by atoms with Gasteiger partial charge in [0.05, 0.1) is 5.56 Å². The Labute approximate surface area is 123 Å². The van der Waals surface area contributed by atoms with E-state index in [9.17, 15) is 0 Å². The predicted octanol–water partition coefficient (Wildman–Crippen LogP) is 2.24. The zero-order chi connectivity index (χ0) is 14.8. The van der Waals surface area contributed by atoms with Crippen LogP contribution < -0.4 is 0 Å². The number of aromatic nitrogens is 6. The van der Waals surface area contributed by atoms with Crippen LogP contribution in [0.25, 0.3) is 34.5 Å². The van der Waals surface area contributed by atoms with Crippen LogP contribution >= 0.6 is 0 Å². The summed E-state index contributed by atoms with van der Waals surface area (Å²) in [6.45, 7) is 0. The first-order chi connectivity index (χ1) is 10.9. The molecule has 4 rings (SSSR count). The van der Waals surface area contributed by atoms with Crippen molar-refractivity contribution in [3.05, 3.63) is 49.1 Å². The van der Waals surface area contributed by atoms with Crippen molar-refractivity contribution >= 4 is 0 Å². The lowest BCUT2D eigenvalue weighted by Gasteiger charge is -1.99. The van der Waals surface area contributed by atoms with Crippen molar-refractivity contribution < 1.29 is 9.05 Å². The second kappa shape index (κ2) is 5.17. The first kappa shape index (κ1) is 12.3. The van der Waals surface area contributed by atoms with Crippen molar-refractivity contribution in [2.75, 3.05) is 0 Å². The molecule has 4 heterocycles. The van der Waals surface area contributed by atoms with Crippen molar-refractivity contribution in [1.29, 1.82) is 0 Å². The third-order valence-corrected chi connectivity index (χ3v) is 2.93. The molecule has 0 amide bonds. The van der Waals surface area contributed by atoms with Gasteiger partial charge < -0.3 is 9.05 Å². The molecule has 0 unspecified atom stereocenters. The Hall–Kier alpha value is -3.42. The predicted molar refractivity (Wildman–Crippen MR) is 74.1 cm³/mol. The highest BCUT2D eigenvalue weighted by molar-refractivity contribution is 5.72. The molecule has 8 nitrogen and oxygen atoms in total. The van der Waals surface area contributed by atoms with Crippen LogP contribution in [0, 0.1) is 0 Å². The summed E-state index contributed by atoms with van der Waals surface area (Å²) in [4.78, 5) is 16.8. The molecule has 0 N–H and O–H groups in total. The van der Waals surface area contributed by atoms with Crippen LogP contribution in [-0.4, -0.2) is 30.2 Å². The molecular formula is C14H8N6O2. The van der Waals surface area contributed by atoms with Gasteiger partial charge in [-0.2, -0.15) is 9.97 Å². The van der Waals surface area contributed by atoms with E-state index in [0.29, 0.717) is 28.6 Å². The molecule has 4 aromatic rings. The molecule has 8 heteroatoms. The molecule has 0 aliphatic heterocycles. The van der Waals surface area contributed by atoms with Gasteiger partial charge in [-0.15, -0.1) is 0 Å². The Bertz CT molecular complexity index is 889. The summed E-state index contributed by atoms with van der Waals surface area (Å²) < 4.78 is 10.1. The molecule has 0 saturated carbocycles. The van der Waals surface area contributed by atoms with Crippen LogP contribution in [0.5, 0.6) is 0 Å². The van der Waals surface area contributed by atoms with Crippen molar-refractivity contribution in [3.63, 3.8) is 0 Å². The van der Waals surface area contributed by atoms with Gasteiger partial charge in [0.15, 0.2) is 0 Å². The summed E-state index contributed by atoms with van der Waals surface area (Å²) in [5.74, 6) is 1.06. The first-order valence-electron chi connectivity index (χ1n) is 6.39. The molecule has 0 aromatic carbocycles. The molecule has 0 fully saturated rings. The van der Waals surface area contributed by atoms with Gasteiger partial charge in [0.25, 0.3) is 5.89 Å². The fraction of sp³-hybridized carbons (Fsp3) is 0. The Kier molecular flexibility index (Phi) is 2.90. The standard InChI is InChI=1S/C14H8N6O2/c1-2-6-15-10(5-1)13-18-14(22-20-13)11-9(4-3-7-16-11)12-17-8-21-19-12/h1-8H. The summed E-state index contributed by atoms with van der Waals surface area (Å²) in [6.07, 6.45) is 4.54. The topological polar surface area (TPSA) is 104 Å². The largest absolute Gasteiger partial charge is 0.342 e. The van der Waals surface area contributed by atoms with Crippen LogP contribution in [0.1, 0.15) is 0 Å². The van der Waals surface area contributed by atoms with Crippen LogP contribution in [-0.2, 0) is 0 Å². The Morgan fingerprint density at radius 2 is 1.77 bits per heavy atom. The molecule has 0 radical (unpaired) electrons. The Balaban J connectivity index is 1.80. The molecule has 0 bridgehead atoms. The summed E-state index contributed by atoms with van der Waals surface area (Å²) >= 11 is 0. The molecule has 106 valence electrons. The molecule has 0 saturated heterocycles. The monoisotopic (exact) mass is 292 g/mol. The van der Waals surface area contributed by atoms with Crippen molar-refractivity contribution in [2.45, 2.75) is 0 Å². The van der Waals surface area contributed by atoms with Gasteiger partial charge in [-0.1, -0.05) is 16.4 Å². The molecule has 0 spiro atoms. The highest BCUT2D eigenvalue weighted by Crippen LogP contribution is 2.27. The number of hydrogen-bond donors (Lipinski definition) is 0. The lowest BCUT2D eigenvalue weighted by molar-refractivity contribution is 0.418.